The number of hydrogen-bond donors (Lipinski definition) is 4. The number of carboxylic acid groups (broad SMARTS) is 1. The molecule has 9 heteroatoms. The Kier molecular flexibility index (Phi) is 13.1. The molecular weight excluding hydrogens is 393 g/mol. The van der Waals surface area contributed by atoms with Gasteiger partial charge in [0.1, 0.15) is 12.7 Å². The number of hydrogen-bond acceptors (Lipinski definition) is 5. The molecule has 0 fully saturated rings. The standard InChI is InChI=1S/C18H22FN3O5.C3H8/c1-11-6-4-3-5-7-13(11)21-12(2)18(27)20-10-16(24)22-14(8-17(25)26)15(23)9-19;1-3-2/h4-7,14,21H,2-3,8-10H2,1H3,(H,20,27)(H,22,24)(H,25,26);3H2,1-2H3. The molecule has 2 amide bonds. The van der Waals surface area contributed by atoms with Crippen LogP contribution in [0.4, 0.5) is 4.39 Å². The molecule has 0 spiro atoms. The highest BCUT2D eigenvalue weighted by Crippen LogP contribution is 2.11. The Bertz CT molecular complexity index is 741. The minimum absolute atomic E-state index is 0.000907. The molecule has 0 aromatic rings. The second-order valence-electron chi connectivity index (χ2n) is 6.45. The van der Waals surface area contributed by atoms with Gasteiger partial charge in [-0.3, -0.25) is 19.2 Å². The molecule has 1 atom stereocenters. The maximum Gasteiger partial charge on any atom is 0.305 e. The molecule has 0 saturated heterocycles. The Morgan fingerprint density at radius 3 is 2.37 bits per heavy atom. The molecule has 1 aliphatic carbocycles. The largest absolute Gasteiger partial charge is 0.481 e. The molecule has 4 N–H and O–H groups in total. The number of alkyl halides is 1. The molecule has 30 heavy (non-hydrogen) atoms. The summed E-state index contributed by atoms with van der Waals surface area (Å²) < 4.78 is 12.4. The van der Waals surface area contributed by atoms with Gasteiger partial charge in [0.25, 0.3) is 5.91 Å². The number of carboxylic acids is 1. The Hall–Kier alpha value is -3.23. The summed E-state index contributed by atoms with van der Waals surface area (Å²) in [6.45, 7) is 7.79. The monoisotopic (exact) mass is 423 g/mol. The third-order valence-electron chi connectivity index (χ3n) is 3.55. The average Bonchev–Trinajstić information content (AvgIpc) is 2.89. The number of rotatable bonds is 10. The normalized spacial score (nSPS) is 13.3. The Labute approximate surface area is 176 Å². The van der Waals surface area contributed by atoms with Gasteiger partial charge in [0, 0.05) is 5.70 Å². The summed E-state index contributed by atoms with van der Waals surface area (Å²) in [5, 5.41) is 15.9. The highest BCUT2D eigenvalue weighted by molar-refractivity contribution is 5.97. The van der Waals surface area contributed by atoms with E-state index in [0.29, 0.717) is 5.70 Å². The maximum atomic E-state index is 12.4. The molecule has 1 unspecified atom stereocenters. The van der Waals surface area contributed by atoms with Crippen LogP contribution in [0, 0.1) is 0 Å². The number of amides is 2. The lowest BCUT2D eigenvalue weighted by Gasteiger charge is -2.15. The lowest BCUT2D eigenvalue weighted by molar-refractivity contribution is -0.140. The minimum Gasteiger partial charge on any atom is -0.481 e. The zero-order valence-electron chi connectivity index (χ0n) is 17.6. The van der Waals surface area contributed by atoms with Crippen molar-refractivity contribution in [3.05, 3.63) is 47.9 Å². The molecule has 0 aromatic carbocycles. The molecule has 0 aliphatic heterocycles. The second kappa shape index (κ2) is 14.7. The fraction of sp³-hybridized carbons (Fsp3) is 0.429. The van der Waals surface area contributed by atoms with Crippen LogP contribution >= 0.6 is 0 Å². The van der Waals surface area contributed by atoms with Gasteiger partial charge in [0.2, 0.25) is 5.91 Å². The van der Waals surface area contributed by atoms with Gasteiger partial charge >= 0.3 is 5.97 Å². The van der Waals surface area contributed by atoms with E-state index in [2.05, 4.69) is 36.4 Å². The van der Waals surface area contributed by atoms with Gasteiger partial charge in [0.05, 0.1) is 18.7 Å². The first-order valence-corrected chi connectivity index (χ1v) is 9.54. The first kappa shape index (κ1) is 26.8. The van der Waals surface area contributed by atoms with Crippen molar-refractivity contribution in [1.82, 2.24) is 16.0 Å². The van der Waals surface area contributed by atoms with Crippen LogP contribution in [0.3, 0.4) is 0 Å². The van der Waals surface area contributed by atoms with Crippen molar-refractivity contribution in [3.8, 4) is 0 Å². The van der Waals surface area contributed by atoms with Gasteiger partial charge in [-0.25, -0.2) is 4.39 Å². The fourth-order valence-corrected chi connectivity index (χ4v) is 2.12. The predicted molar refractivity (Wildman–Crippen MR) is 112 cm³/mol. The lowest BCUT2D eigenvalue weighted by Crippen LogP contribution is -2.47. The van der Waals surface area contributed by atoms with E-state index < -0.39 is 49.2 Å². The number of aliphatic carboxylic acids is 1. The van der Waals surface area contributed by atoms with Crippen LogP contribution in [0.15, 0.2) is 47.9 Å². The fourth-order valence-electron chi connectivity index (χ4n) is 2.12. The van der Waals surface area contributed by atoms with Crippen molar-refractivity contribution in [2.24, 2.45) is 0 Å². The van der Waals surface area contributed by atoms with Gasteiger partial charge in [0.15, 0.2) is 5.78 Å². The summed E-state index contributed by atoms with van der Waals surface area (Å²) in [4.78, 5) is 45.8. The molecule has 0 saturated carbocycles. The lowest BCUT2D eigenvalue weighted by atomic mass is 10.1. The summed E-state index contributed by atoms with van der Waals surface area (Å²) in [7, 11) is 0. The molecule has 0 heterocycles. The summed E-state index contributed by atoms with van der Waals surface area (Å²) in [6, 6.07) is -1.49. The number of allylic oxidation sites excluding steroid dienone is 5. The van der Waals surface area contributed by atoms with Crippen molar-refractivity contribution in [2.45, 2.75) is 46.1 Å². The van der Waals surface area contributed by atoms with Crippen LogP contribution in [0.2, 0.25) is 0 Å². The molecule has 0 aromatic heterocycles. The van der Waals surface area contributed by atoms with Gasteiger partial charge in [-0.15, -0.1) is 0 Å². The predicted octanol–water partition coefficient (Wildman–Crippen LogP) is 1.91. The number of ketones is 1. The van der Waals surface area contributed by atoms with E-state index in [1.165, 1.54) is 6.42 Å². The highest BCUT2D eigenvalue weighted by Gasteiger charge is 2.23. The summed E-state index contributed by atoms with van der Waals surface area (Å²) in [6.07, 6.45) is 8.82. The zero-order valence-corrected chi connectivity index (χ0v) is 17.6. The van der Waals surface area contributed by atoms with Crippen LogP contribution in [-0.4, -0.2) is 47.9 Å². The van der Waals surface area contributed by atoms with E-state index in [0.717, 1.165) is 12.0 Å². The molecule has 0 radical (unpaired) electrons. The number of carbonyl (C=O) groups is 4. The summed E-state index contributed by atoms with van der Waals surface area (Å²) in [5.41, 5.74) is 1.58. The molecular formula is C21H30FN3O5. The van der Waals surface area contributed by atoms with Crippen molar-refractivity contribution in [1.29, 1.82) is 0 Å². The van der Waals surface area contributed by atoms with E-state index in [4.69, 9.17) is 5.11 Å². The zero-order chi connectivity index (χ0) is 23.1. The molecule has 1 rings (SSSR count). The van der Waals surface area contributed by atoms with E-state index in [-0.39, 0.29) is 5.70 Å². The Morgan fingerprint density at radius 2 is 1.80 bits per heavy atom. The van der Waals surface area contributed by atoms with Crippen LogP contribution in [0.1, 0.15) is 40.0 Å². The summed E-state index contributed by atoms with van der Waals surface area (Å²) >= 11 is 0. The van der Waals surface area contributed by atoms with Gasteiger partial charge in [-0.2, -0.15) is 0 Å². The summed E-state index contributed by atoms with van der Waals surface area (Å²) in [5.74, 6) is -3.90. The second-order valence-corrected chi connectivity index (χ2v) is 6.45. The third kappa shape index (κ3) is 10.9. The minimum atomic E-state index is -1.49. The van der Waals surface area contributed by atoms with E-state index >= 15 is 0 Å². The number of halogens is 1. The van der Waals surface area contributed by atoms with Gasteiger partial charge in [-0.05, 0) is 25.0 Å². The van der Waals surface area contributed by atoms with Gasteiger partial charge in [-0.1, -0.05) is 45.1 Å². The van der Waals surface area contributed by atoms with Crippen molar-refractivity contribution in [2.75, 3.05) is 13.2 Å². The quantitative estimate of drug-likeness (QED) is 0.398. The van der Waals surface area contributed by atoms with Crippen molar-refractivity contribution in [3.63, 3.8) is 0 Å². The first-order valence-electron chi connectivity index (χ1n) is 9.54. The highest BCUT2D eigenvalue weighted by atomic mass is 19.1. The number of Topliss-reactive ketones (excluding diaryl/α,β-unsaturated/α-hetero) is 1. The van der Waals surface area contributed by atoms with Crippen LogP contribution in [0.5, 0.6) is 0 Å². The van der Waals surface area contributed by atoms with E-state index in [1.54, 1.807) is 6.08 Å². The van der Waals surface area contributed by atoms with Crippen molar-refractivity contribution >= 4 is 23.6 Å². The molecule has 166 valence electrons. The van der Waals surface area contributed by atoms with Crippen LogP contribution in [-0.2, 0) is 19.2 Å². The number of carbonyl (C=O) groups excluding carboxylic acids is 3. The maximum absolute atomic E-state index is 12.4. The van der Waals surface area contributed by atoms with Crippen molar-refractivity contribution < 1.29 is 28.7 Å². The topological polar surface area (TPSA) is 125 Å². The molecule has 1 aliphatic rings. The number of nitrogens with one attached hydrogen (secondary N) is 3. The average molecular weight is 423 g/mol. The van der Waals surface area contributed by atoms with E-state index in [9.17, 15) is 23.6 Å². The third-order valence-corrected chi connectivity index (χ3v) is 3.55. The van der Waals surface area contributed by atoms with Gasteiger partial charge < -0.3 is 21.1 Å². The molecule has 8 nitrogen and oxygen atoms in total. The smallest absolute Gasteiger partial charge is 0.305 e. The SMILES string of the molecule is C=C(NC1=C(C)C=CCC=C1)C(=O)NCC(=O)NC(CC(=O)O)C(=O)CF.CCC. The first-order chi connectivity index (χ1) is 14.2. The van der Waals surface area contributed by atoms with Crippen LogP contribution < -0.4 is 16.0 Å². The Morgan fingerprint density at radius 1 is 1.20 bits per heavy atom. The van der Waals surface area contributed by atoms with Crippen LogP contribution in [0.25, 0.3) is 0 Å². The van der Waals surface area contributed by atoms with E-state index in [1.807, 2.05) is 25.2 Å². The molecule has 0 bridgehead atoms. The Balaban J connectivity index is 0.00000263.